The second kappa shape index (κ2) is 4.67. The fourth-order valence-corrected chi connectivity index (χ4v) is 1.71. The second-order valence-electron chi connectivity index (χ2n) is 3.55. The van der Waals surface area contributed by atoms with Gasteiger partial charge in [-0.3, -0.25) is 0 Å². The summed E-state index contributed by atoms with van der Waals surface area (Å²) in [6.45, 7) is 4.69. The van der Waals surface area contributed by atoms with Gasteiger partial charge in [-0.2, -0.15) is 0 Å². The lowest BCUT2D eigenvalue weighted by Gasteiger charge is -2.13. The first kappa shape index (κ1) is 11.3. The lowest BCUT2D eigenvalue weighted by atomic mass is 10.0. The third-order valence-corrected chi connectivity index (χ3v) is 2.51. The minimum Gasteiger partial charge on any atom is -0.495 e. The van der Waals surface area contributed by atoms with Gasteiger partial charge in [0.2, 0.25) is 0 Å². The molecule has 1 rings (SSSR count). The van der Waals surface area contributed by atoms with Crippen molar-refractivity contribution in [1.29, 1.82) is 0 Å². The number of methoxy groups -OCH3 is 1. The Hall–Kier alpha value is -0.730. The van der Waals surface area contributed by atoms with E-state index in [9.17, 15) is 0 Å². The molecule has 0 atom stereocenters. The molecule has 0 aromatic heterocycles. The maximum absolute atomic E-state index is 6.08. The van der Waals surface area contributed by atoms with Gasteiger partial charge in [0.05, 0.1) is 12.1 Å². The third kappa shape index (κ3) is 2.20. The maximum Gasteiger partial charge on any atom is 0.141 e. The fourth-order valence-electron chi connectivity index (χ4n) is 1.39. The van der Waals surface area contributed by atoms with Gasteiger partial charge in [-0.1, -0.05) is 31.5 Å². The first-order valence-corrected chi connectivity index (χ1v) is 5.04. The zero-order valence-corrected chi connectivity index (χ0v) is 9.56. The van der Waals surface area contributed by atoms with Gasteiger partial charge in [0.25, 0.3) is 0 Å². The molecule has 2 N–H and O–H groups in total. The fraction of sp³-hybridized carbons (Fsp3) is 0.455. The van der Waals surface area contributed by atoms with Gasteiger partial charge in [0.1, 0.15) is 5.75 Å². The van der Waals surface area contributed by atoms with Gasteiger partial charge in [-0.05, 0) is 17.5 Å². The van der Waals surface area contributed by atoms with Crippen LogP contribution in [0.25, 0.3) is 0 Å². The van der Waals surface area contributed by atoms with Gasteiger partial charge < -0.3 is 10.5 Å². The van der Waals surface area contributed by atoms with Crippen molar-refractivity contribution in [2.24, 2.45) is 5.73 Å². The maximum atomic E-state index is 6.08. The van der Waals surface area contributed by atoms with Crippen LogP contribution in [0.1, 0.15) is 30.9 Å². The Kier molecular flexibility index (Phi) is 3.78. The highest BCUT2D eigenvalue weighted by Gasteiger charge is 2.10. The molecule has 0 bridgehead atoms. The normalized spacial score (nSPS) is 10.7. The Balaban J connectivity index is 3.24. The van der Waals surface area contributed by atoms with Crippen molar-refractivity contribution in [2.45, 2.75) is 26.3 Å². The summed E-state index contributed by atoms with van der Waals surface area (Å²) >= 11 is 6.08. The highest BCUT2D eigenvalue weighted by atomic mass is 35.5. The quantitative estimate of drug-likeness (QED) is 0.838. The number of hydrogen-bond donors (Lipinski definition) is 1. The average molecular weight is 214 g/mol. The minimum absolute atomic E-state index is 0.448. The third-order valence-electron chi connectivity index (χ3n) is 2.23. The predicted molar refractivity (Wildman–Crippen MR) is 60.0 cm³/mol. The van der Waals surface area contributed by atoms with Gasteiger partial charge in [0.15, 0.2) is 0 Å². The number of halogens is 1. The molecule has 0 unspecified atom stereocenters. The topological polar surface area (TPSA) is 35.2 Å². The molecule has 0 amide bonds. The van der Waals surface area contributed by atoms with Crippen molar-refractivity contribution in [3.63, 3.8) is 0 Å². The van der Waals surface area contributed by atoms with Crippen molar-refractivity contribution >= 4 is 11.6 Å². The summed E-state index contributed by atoms with van der Waals surface area (Å²) in [5.74, 6) is 1.14. The number of benzene rings is 1. The van der Waals surface area contributed by atoms with Crippen molar-refractivity contribution in [2.75, 3.05) is 7.11 Å². The van der Waals surface area contributed by atoms with Crippen molar-refractivity contribution in [3.05, 3.63) is 28.3 Å². The monoisotopic (exact) mass is 213 g/mol. The molecule has 0 saturated carbocycles. The molecule has 0 radical (unpaired) electrons. The van der Waals surface area contributed by atoms with Gasteiger partial charge >= 0.3 is 0 Å². The first-order chi connectivity index (χ1) is 6.60. The highest BCUT2D eigenvalue weighted by molar-refractivity contribution is 6.32. The Morgan fingerprint density at radius 1 is 1.43 bits per heavy atom. The minimum atomic E-state index is 0.448. The summed E-state index contributed by atoms with van der Waals surface area (Å²) in [7, 11) is 1.61. The largest absolute Gasteiger partial charge is 0.495 e. The second-order valence-corrected chi connectivity index (χ2v) is 3.96. The van der Waals surface area contributed by atoms with E-state index in [0.717, 1.165) is 5.56 Å². The molecule has 0 aliphatic rings. The summed E-state index contributed by atoms with van der Waals surface area (Å²) < 4.78 is 5.19. The van der Waals surface area contributed by atoms with Crippen LogP contribution in [0, 0.1) is 0 Å². The Labute approximate surface area is 90.0 Å². The van der Waals surface area contributed by atoms with Gasteiger partial charge in [0, 0.05) is 12.1 Å². The molecule has 0 aliphatic carbocycles. The molecule has 1 aromatic rings. The Bertz CT molecular complexity index is 323. The van der Waals surface area contributed by atoms with Crippen molar-refractivity contribution in [3.8, 4) is 5.75 Å². The van der Waals surface area contributed by atoms with Crippen LogP contribution in [0.15, 0.2) is 12.1 Å². The molecule has 2 nitrogen and oxygen atoms in total. The number of hydrogen-bond acceptors (Lipinski definition) is 2. The van der Waals surface area contributed by atoms with E-state index >= 15 is 0 Å². The Morgan fingerprint density at radius 2 is 2.07 bits per heavy atom. The molecule has 3 heteroatoms. The van der Waals surface area contributed by atoms with E-state index in [1.165, 1.54) is 5.56 Å². The van der Waals surface area contributed by atoms with E-state index in [0.29, 0.717) is 23.2 Å². The van der Waals surface area contributed by atoms with E-state index in [-0.39, 0.29) is 0 Å². The zero-order chi connectivity index (χ0) is 10.7. The van der Waals surface area contributed by atoms with Crippen molar-refractivity contribution < 1.29 is 4.74 Å². The van der Waals surface area contributed by atoms with Crippen LogP contribution >= 0.6 is 11.6 Å². The van der Waals surface area contributed by atoms with E-state index in [1.807, 2.05) is 6.07 Å². The van der Waals surface area contributed by atoms with E-state index in [1.54, 1.807) is 7.11 Å². The number of ether oxygens (including phenoxy) is 1. The SMILES string of the molecule is COc1c(Cl)cc(C(C)C)cc1CN. The number of nitrogens with two attached hydrogens (primary N) is 1. The molecule has 1 aromatic carbocycles. The molecule has 0 heterocycles. The Morgan fingerprint density at radius 3 is 2.50 bits per heavy atom. The molecule has 0 spiro atoms. The molecular formula is C11H16ClNO. The first-order valence-electron chi connectivity index (χ1n) is 4.66. The summed E-state index contributed by atoms with van der Waals surface area (Å²) in [6.07, 6.45) is 0. The predicted octanol–water partition coefficient (Wildman–Crippen LogP) is 2.93. The van der Waals surface area contributed by atoms with Crippen LogP contribution < -0.4 is 10.5 Å². The van der Waals surface area contributed by atoms with Crippen LogP contribution in [-0.2, 0) is 6.54 Å². The molecule has 0 aliphatic heterocycles. The van der Waals surface area contributed by atoms with E-state index in [4.69, 9.17) is 22.1 Å². The van der Waals surface area contributed by atoms with E-state index < -0.39 is 0 Å². The lowest BCUT2D eigenvalue weighted by molar-refractivity contribution is 0.410. The van der Waals surface area contributed by atoms with Crippen LogP contribution in [0.4, 0.5) is 0 Å². The van der Waals surface area contributed by atoms with Crippen LogP contribution in [0.3, 0.4) is 0 Å². The smallest absolute Gasteiger partial charge is 0.141 e. The lowest BCUT2D eigenvalue weighted by Crippen LogP contribution is -2.02. The van der Waals surface area contributed by atoms with Crippen LogP contribution in [0.2, 0.25) is 5.02 Å². The summed E-state index contributed by atoms with van der Waals surface area (Å²) in [4.78, 5) is 0. The standard InChI is InChI=1S/C11H16ClNO/c1-7(2)8-4-9(6-13)11(14-3)10(12)5-8/h4-5,7H,6,13H2,1-3H3. The molecule has 0 fully saturated rings. The van der Waals surface area contributed by atoms with Gasteiger partial charge in [-0.25, -0.2) is 0 Å². The molecular weight excluding hydrogens is 198 g/mol. The molecule has 14 heavy (non-hydrogen) atoms. The summed E-state index contributed by atoms with van der Waals surface area (Å²) in [5, 5.41) is 0.638. The highest BCUT2D eigenvalue weighted by Crippen LogP contribution is 2.32. The van der Waals surface area contributed by atoms with Crippen LogP contribution in [-0.4, -0.2) is 7.11 Å². The zero-order valence-electron chi connectivity index (χ0n) is 8.80. The number of rotatable bonds is 3. The van der Waals surface area contributed by atoms with E-state index in [2.05, 4.69) is 19.9 Å². The van der Waals surface area contributed by atoms with Crippen LogP contribution in [0.5, 0.6) is 5.75 Å². The molecule has 0 saturated heterocycles. The van der Waals surface area contributed by atoms with Crippen molar-refractivity contribution in [1.82, 2.24) is 0 Å². The van der Waals surface area contributed by atoms with Gasteiger partial charge in [-0.15, -0.1) is 0 Å². The summed E-state index contributed by atoms with van der Waals surface area (Å²) in [5.41, 5.74) is 7.78. The summed E-state index contributed by atoms with van der Waals surface area (Å²) in [6, 6.07) is 3.99. The average Bonchev–Trinajstić information content (AvgIpc) is 2.16. The molecule has 78 valence electrons.